The Morgan fingerprint density at radius 2 is 2.14 bits per heavy atom. The Morgan fingerprint density at radius 3 is 2.86 bits per heavy atom. The van der Waals surface area contributed by atoms with E-state index in [1.165, 1.54) is 0 Å². The summed E-state index contributed by atoms with van der Waals surface area (Å²) in [7, 11) is 0. The topological polar surface area (TPSA) is 90.7 Å². The van der Waals surface area contributed by atoms with E-state index in [-0.39, 0.29) is 17.9 Å². The van der Waals surface area contributed by atoms with E-state index in [1.807, 2.05) is 13.0 Å². The second-order valence-corrected chi connectivity index (χ2v) is 6.88. The van der Waals surface area contributed by atoms with Crippen LogP contribution in [0.15, 0.2) is 41.9 Å². The lowest BCUT2D eigenvalue weighted by molar-refractivity contribution is 0.0783. The van der Waals surface area contributed by atoms with Gasteiger partial charge in [0.15, 0.2) is 0 Å². The Bertz CT molecular complexity index is 1230. The van der Waals surface area contributed by atoms with Crippen LogP contribution >= 0.6 is 0 Å². The first kappa shape index (κ1) is 18.7. The summed E-state index contributed by atoms with van der Waals surface area (Å²) in [6, 6.07) is 6.99. The first-order chi connectivity index (χ1) is 13.9. The highest BCUT2D eigenvalue weighted by atomic mass is 16.7. The van der Waals surface area contributed by atoms with E-state index >= 15 is 0 Å². The maximum absolute atomic E-state index is 13.1. The minimum absolute atomic E-state index is 0.183. The summed E-state index contributed by atoms with van der Waals surface area (Å²) in [5, 5.41) is 10.8. The lowest BCUT2D eigenvalue weighted by Gasteiger charge is -2.11. The third-order valence-electron chi connectivity index (χ3n) is 5.24. The molecule has 0 radical (unpaired) electrons. The molecule has 1 aromatic carbocycles. The average Bonchev–Trinajstić information content (AvgIpc) is 3.04. The lowest BCUT2D eigenvalue weighted by atomic mass is 9.98. The Kier molecular flexibility index (Phi) is 4.58. The van der Waals surface area contributed by atoms with Crippen molar-refractivity contribution in [1.82, 2.24) is 9.55 Å². The van der Waals surface area contributed by atoms with Crippen LogP contribution in [0, 0.1) is 6.92 Å². The van der Waals surface area contributed by atoms with Crippen molar-refractivity contribution >= 4 is 17.1 Å². The van der Waals surface area contributed by atoms with Crippen molar-refractivity contribution in [3.05, 3.63) is 69.7 Å². The summed E-state index contributed by atoms with van der Waals surface area (Å²) in [6.45, 7) is 7.34. The third kappa shape index (κ3) is 3.04. The lowest BCUT2D eigenvalue weighted by Crippen LogP contribution is -2.25. The molecule has 0 fully saturated rings. The van der Waals surface area contributed by atoms with E-state index in [0.29, 0.717) is 17.7 Å². The van der Waals surface area contributed by atoms with Crippen LogP contribution in [-0.4, -0.2) is 20.8 Å². The zero-order valence-electron chi connectivity index (χ0n) is 16.2. The van der Waals surface area contributed by atoms with Gasteiger partial charge in [-0.05, 0) is 48.7 Å². The van der Waals surface area contributed by atoms with Gasteiger partial charge < -0.3 is 19.1 Å². The first-order valence-electron chi connectivity index (χ1n) is 9.27. The molecule has 7 heteroatoms. The van der Waals surface area contributed by atoms with Gasteiger partial charge in [0, 0.05) is 10.9 Å². The zero-order chi connectivity index (χ0) is 20.7. The maximum Gasteiger partial charge on any atom is 0.513 e. The van der Waals surface area contributed by atoms with E-state index in [9.17, 15) is 14.7 Å². The SMILES string of the molecule is C=COC(=O)OCc1c(C)cc2n(c1=O)Cc1c-2nc2ccc(O)cc2c1CC. The molecule has 4 rings (SSSR count). The number of ether oxygens (including phenoxy) is 2. The van der Waals surface area contributed by atoms with Crippen LogP contribution in [0.1, 0.15) is 29.2 Å². The van der Waals surface area contributed by atoms with E-state index in [4.69, 9.17) is 9.72 Å². The van der Waals surface area contributed by atoms with Gasteiger partial charge in [-0.2, -0.15) is 0 Å². The molecule has 29 heavy (non-hydrogen) atoms. The molecule has 0 saturated heterocycles. The summed E-state index contributed by atoms with van der Waals surface area (Å²) in [5.74, 6) is 0.184. The van der Waals surface area contributed by atoms with Gasteiger partial charge in [-0.25, -0.2) is 9.78 Å². The molecule has 1 aliphatic heterocycles. The van der Waals surface area contributed by atoms with Crippen LogP contribution in [-0.2, 0) is 29.0 Å². The number of hydrogen-bond acceptors (Lipinski definition) is 6. The van der Waals surface area contributed by atoms with Gasteiger partial charge in [-0.3, -0.25) is 4.79 Å². The van der Waals surface area contributed by atoms with Crippen LogP contribution in [0.3, 0.4) is 0 Å². The second kappa shape index (κ2) is 7.09. The Hall–Kier alpha value is -3.61. The predicted molar refractivity (Wildman–Crippen MR) is 108 cm³/mol. The third-order valence-corrected chi connectivity index (χ3v) is 5.24. The maximum atomic E-state index is 13.1. The smallest absolute Gasteiger partial charge is 0.508 e. The normalized spacial score (nSPS) is 11.8. The van der Waals surface area contributed by atoms with Gasteiger partial charge >= 0.3 is 6.16 Å². The van der Waals surface area contributed by atoms with Crippen LogP contribution in [0.5, 0.6) is 5.75 Å². The molecule has 148 valence electrons. The molecule has 0 spiro atoms. The fourth-order valence-electron chi connectivity index (χ4n) is 3.87. The predicted octanol–water partition coefficient (Wildman–Crippen LogP) is 3.80. The number of nitrogens with zero attached hydrogens (tertiary/aromatic N) is 2. The Balaban J connectivity index is 1.83. The van der Waals surface area contributed by atoms with Gasteiger partial charge in [0.05, 0.1) is 35.3 Å². The molecule has 0 saturated carbocycles. The number of fused-ring (bicyclic) bond motifs is 4. The number of pyridine rings is 2. The molecule has 1 aliphatic rings. The van der Waals surface area contributed by atoms with Gasteiger partial charge in [0.2, 0.25) is 0 Å². The highest BCUT2D eigenvalue weighted by Crippen LogP contribution is 2.37. The monoisotopic (exact) mass is 392 g/mol. The van der Waals surface area contributed by atoms with Crippen molar-refractivity contribution in [2.75, 3.05) is 0 Å². The molecular weight excluding hydrogens is 372 g/mol. The average molecular weight is 392 g/mol. The van der Waals surface area contributed by atoms with Crippen molar-refractivity contribution in [3.63, 3.8) is 0 Å². The number of aryl methyl sites for hydroxylation is 2. The fraction of sp³-hybridized carbons (Fsp3) is 0.227. The summed E-state index contributed by atoms with van der Waals surface area (Å²) < 4.78 is 11.2. The van der Waals surface area contributed by atoms with Crippen molar-refractivity contribution in [2.45, 2.75) is 33.4 Å². The summed E-state index contributed by atoms with van der Waals surface area (Å²) in [6.07, 6.45) is 0.811. The summed E-state index contributed by atoms with van der Waals surface area (Å²) in [5.41, 5.74) is 5.22. The minimum Gasteiger partial charge on any atom is -0.508 e. The largest absolute Gasteiger partial charge is 0.513 e. The second-order valence-electron chi connectivity index (χ2n) is 6.88. The quantitative estimate of drug-likeness (QED) is 0.420. The molecule has 0 bridgehead atoms. The number of benzene rings is 1. The van der Waals surface area contributed by atoms with Crippen molar-refractivity contribution in [2.24, 2.45) is 0 Å². The van der Waals surface area contributed by atoms with Crippen molar-refractivity contribution in [1.29, 1.82) is 0 Å². The Morgan fingerprint density at radius 1 is 1.34 bits per heavy atom. The highest BCUT2D eigenvalue weighted by molar-refractivity contribution is 5.89. The number of phenolic OH excluding ortho intramolecular Hbond substituents is 1. The van der Waals surface area contributed by atoms with Crippen LogP contribution < -0.4 is 5.56 Å². The zero-order valence-corrected chi connectivity index (χ0v) is 16.2. The van der Waals surface area contributed by atoms with E-state index < -0.39 is 6.16 Å². The van der Waals surface area contributed by atoms with Gasteiger partial charge in [0.25, 0.3) is 5.56 Å². The number of carbonyl (C=O) groups excluding carboxylic acids is 1. The number of phenols is 1. The molecule has 2 aromatic heterocycles. The number of carbonyl (C=O) groups is 1. The van der Waals surface area contributed by atoms with E-state index in [2.05, 4.69) is 11.3 Å². The minimum atomic E-state index is -0.909. The molecule has 0 atom stereocenters. The Labute approximate surface area is 166 Å². The summed E-state index contributed by atoms with van der Waals surface area (Å²) in [4.78, 5) is 29.3. The van der Waals surface area contributed by atoms with Crippen LogP contribution in [0.4, 0.5) is 4.79 Å². The molecule has 3 heterocycles. The van der Waals surface area contributed by atoms with Gasteiger partial charge in [-0.15, -0.1) is 0 Å². The van der Waals surface area contributed by atoms with Gasteiger partial charge in [0.1, 0.15) is 12.4 Å². The molecule has 0 unspecified atom stereocenters. The van der Waals surface area contributed by atoms with Crippen molar-refractivity contribution in [3.8, 4) is 17.1 Å². The van der Waals surface area contributed by atoms with Crippen LogP contribution in [0.25, 0.3) is 22.3 Å². The van der Waals surface area contributed by atoms with E-state index in [1.54, 1.807) is 29.7 Å². The van der Waals surface area contributed by atoms with E-state index in [0.717, 1.165) is 46.1 Å². The van der Waals surface area contributed by atoms with Crippen molar-refractivity contribution < 1.29 is 19.4 Å². The molecule has 1 N–H and O–H groups in total. The standard InChI is InChI=1S/C22H20N2O5/c1-4-14-15-9-13(25)6-7-18(15)23-20-16(14)10-24-19(20)8-12(3)17(21(24)26)11-29-22(27)28-5-2/h5-9,25H,2,4,10-11H2,1,3H3. The van der Waals surface area contributed by atoms with Crippen LogP contribution in [0.2, 0.25) is 0 Å². The number of aromatic nitrogens is 2. The summed E-state index contributed by atoms with van der Waals surface area (Å²) >= 11 is 0. The number of hydrogen-bond donors (Lipinski definition) is 1. The van der Waals surface area contributed by atoms with Gasteiger partial charge in [-0.1, -0.05) is 13.5 Å². The molecule has 0 amide bonds. The molecular formula is C22H20N2O5. The molecule has 7 nitrogen and oxygen atoms in total. The molecule has 0 aliphatic carbocycles. The first-order valence-corrected chi connectivity index (χ1v) is 9.27. The fourth-order valence-corrected chi connectivity index (χ4v) is 3.87. The number of rotatable bonds is 4. The highest BCUT2D eigenvalue weighted by Gasteiger charge is 2.27. The number of aromatic hydroxyl groups is 1. The molecule has 3 aromatic rings.